The molecule has 0 saturated heterocycles. The van der Waals surface area contributed by atoms with Gasteiger partial charge in [0.2, 0.25) is 5.91 Å². The van der Waals surface area contributed by atoms with Gasteiger partial charge in [0, 0.05) is 18.9 Å². The zero-order valence-corrected chi connectivity index (χ0v) is 15.6. The number of likely N-dealkylation sites (N-methyl/N-ethyl adjacent to an activating group) is 1. The van der Waals surface area contributed by atoms with E-state index in [0.29, 0.717) is 5.69 Å². The normalized spacial score (nSPS) is 10.2. The maximum Gasteiger partial charge on any atom is 0.359 e. The van der Waals surface area contributed by atoms with Crippen LogP contribution in [-0.2, 0) is 20.7 Å². The molecule has 1 N–H and O–H groups in total. The molecule has 1 heterocycles. The number of hydrogen-bond donors (Lipinski definition) is 1. The summed E-state index contributed by atoms with van der Waals surface area (Å²) in [5, 5.41) is 2.78. The molecule has 2 amide bonds. The van der Waals surface area contributed by atoms with Crippen LogP contribution in [0.2, 0.25) is 0 Å². The third-order valence-corrected chi connectivity index (χ3v) is 3.80. The van der Waals surface area contributed by atoms with Crippen molar-refractivity contribution < 1.29 is 19.1 Å². The molecule has 0 fully saturated rings. The highest BCUT2D eigenvalue weighted by molar-refractivity contribution is 5.95. The summed E-state index contributed by atoms with van der Waals surface area (Å²) in [5.41, 5.74) is 2.41. The minimum absolute atomic E-state index is 0.0185. The third-order valence-electron chi connectivity index (χ3n) is 3.80. The highest BCUT2D eigenvalue weighted by Crippen LogP contribution is 2.15. The van der Waals surface area contributed by atoms with E-state index in [1.165, 1.54) is 24.3 Å². The lowest BCUT2D eigenvalue weighted by atomic mass is 10.1. The van der Waals surface area contributed by atoms with Gasteiger partial charge in [-0.3, -0.25) is 14.6 Å². The molecule has 0 saturated carbocycles. The first-order valence-corrected chi connectivity index (χ1v) is 8.48. The number of hydrogen-bond acceptors (Lipinski definition) is 6. The summed E-state index contributed by atoms with van der Waals surface area (Å²) in [6.07, 6.45) is 3.50. The van der Waals surface area contributed by atoms with Crippen molar-refractivity contribution in [3.63, 3.8) is 0 Å². The zero-order chi connectivity index (χ0) is 19.8. The minimum Gasteiger partial charge on any atom is -0.451 e. The molecule has 0 unspecified atom stereocenters. The summed E-state index contributed by atoms with van der Waals surface area (Å²) in [6, 6.07) is 7.47. The van der Waals surface area contributed by atoms with Crippen LogP contribution in [0.15, 0.2) is 36.7 Å². The van der Waals surface area contributed by atoms with Gasteiger partial charge in [-0.25, -0.2) is 9.78 Å². The Hall–Kier alpha value is -3.29. The van der Waals surface area contributed by atoms with Gasteiger partial charge in [0.25, 0.3) is 5.91 Å². The Morgan fingerprint density at radius 2 is 1.89 bits per heavy atom. The van der Waals surface area contributed by atoms with E-state index >= 15 is 0 Å². The molecule has 142 valence electrons. The highest BCUT2D eigenvalue weighted by atomic mass is 16.5. The van der Waals surface area contributed by atoms with Crippen LogP contribution in [0.5, 0.6) is 0 Å². The summed E-state index contributed by atoms with van der Waals surface area (Å²) >= 11 is 0. The molecule has 8 heteroatoms. The Balaban J connectivity index is 1.83. The van der Waals surface area contributed by atoms with Crippen LogP contribution in [0.4, 0.5) is 5.69 Å². The van der Waals surface area contributed by atoms with Crippen molar-refractivity contribution in [1.29, 1.82) is 0 Å². The van der Waals surface area contributed by atoms with Gasteiger partial charge in [-0.15, -0.1) is 0 Å². The van der Waals surface area contributed by atoms with Crippen LogP contribution in [-0.4, -0.2) is 52.9 Å². The van der Waals surface area contributed by atoms with Gasteiger partial charge in [0.05, 0.1) is 18.4 Å². The van der Waals surface area contributed by atoms with E-state index < -0.39 is 18.5 Å². The lowest BCUT2D eigenvalue weighted by Gasteiger charge is -2.17. The maximum absolute atomic E-state index is 12.2. The predicted octanol–water partition coefficient (Wildman–Crippen LogP) is 1.60. The average molecular weight is 370 g/mol. The number of benzene rings is 1. The Kier molecular flexibility index (Phi) is 6.99. The number of aryl methyl sites for hydroxylation is 2. The standard InChI is InChI=1S/C19H22N4O4/c1-4-14-7-5-6-8-15(14)22-17(24)11-23(3)18(25)12-27-19(26)16-10-20-13(2)9-21-16/h5-10H,4,11-12H2,1-3H3,(H,22,24). The molecule has 0 atom stereocenters. The topological polar surface area (TPSA) is 101 Å². The number of carbonyl (C=O) groups excluding carboxylic acids is 3. The summed E-state index contributed by atoms with van der Waals surface area (Å²) in [4.78, 5) is 45.1. The molecule has 27 heavy (non-hydrogen) atoms. The monoisotopic (exact) mass is 370 g/mol. The first kappa shape index (κ1) is 20.0. The minimum atomic E-state index is -0.745. The second kappa shape index (κ2) is 9.42. The number of carbonyl (C=O) groups is 3. The van der Waals surface area contributed by atoms with Crippen LogP contribution >= 0.6 is 0 Å². The zero-order valence-electron chi connectivity index (χ0n) is 15.6. The van der Waals surface area contributed by atoms with Gasteiger partial charge >= 0.3 is 5.97 Å². The lowest BCUT2D eigenvalue weighted by Crippen LogP contribution is -2.37. The lowest BCUT2D eigenvalue weighted by molar-refractivity contribution is -0.136. The van der Waals surface area contributed by atoms with Crippen molar-refractivity contribution >= 4 is 23.5 Å². The van der Waals surface area contributed by atoms with Gasteiger partial charge < -0.3 is 15.0 Å². The predicted molar refractivity (Wildman–Crippen MR) is 99.1 cm³/mol. The summed E-state index contributed by atoms with van der Waals surface area (Å²) in [6.45, 7) is 3.10. The Bertz CT molecular complexity index is 821. The third kappa shape index (κ3) is 5.88. The SMILES string of the molecule is CCc1ccccc1NC(=O)CN(C)C(=O)COC(=O)c1cnc(C)cn1. The first-order chi connectivity index (χ1) is 12.9. The number of nitrogens with one attached hydrogen (secondary N) is 1. The van der Waals surface area contributed by atoms with Crippen LogP contribution in [0, 0.1) is 6.92 Å². The molecule has 0 aliphatic heterocycles. The molecule has 8 nitrogen and oxygen atoms in total. The number of anilines is 1. The summed E-state index contributed by atoms with van der Waals surface area (Å²) in [7, 11) is 1.47. The Labute approximate surface area is 157 Å². The molecule has 1 aromatic carbocycles. The fourth-order valence-electron chi connectivity index (χ4n) is 2.25. The van der Waals surface area contributed by atoms with E-state index in [1.807, 2.05) is 31.2 Å². The van der Waals surface area contributed by atoms with Gasteiger partial charge in [-0.1, -0.05) is 25.1 Å². The molecule has 0 bridgehead atoms. The van der Waals surface area contributed by atoms with Gasteiger partial charge in [0.15, 0.2) is 12.3 Å². The molecule has 0 aliphatic rings. The maximum atomic E-state index is 12.2. The molecule has 2 aromatic rings. The van der Waals surface area contributed by atoms with Crippen molar-refractivity contribution in [3.8, 4) is 0 Å². The van der Waals surface area contributed by atoms with Crippen LogP contribution < -0.4 is 5.32 Å². The molecule has 0 aliphatic carbocycles. The highest BCUT2D eigenvalue weighted by Gasteiger charge is 2.17. The number of rotatable bonds is 7. The number of para-hydroxylation sites is 1. The molecular weight excluding hydrogens is 348 g/mol. The first-order valence-electron chi connectivity index (χ1n) is 8.48. The average Bonchev–Trinajstić information content (AvgIpc) is 2.66. The smallest absolute Gasteiger partial charge is 0.359 e. The van der Waals surface area contributed by atoms with Gasteiger partial charge in [-0.05, 0) is 25.0 Å². The molecule has 1 aromatic heterocycles. The van der Waals surface area contributed by atoms with Crippen molar-refractivity contribution in [3.05, 3.63) is 53.6 Å². The van der Waals surface area contributed by atoms with E-state index in [0.717, 1.165) is 17.7 Å². The van der Waals surface area contributed by atoms with Gasteiger partial charge in [0.1, 0.15) is 0 Å². The number of esters is 1. The van der Waals surface area contributed by atoms with Crippen LogP contribution in [0.3, 0.4) is 0 Å². The second-order valence-electron chi connectivity index (χ2n) is 5.93. The van der Waals surface area contributed by atoms with Crippen molar-refractivity contribution in [1.82, 2.24) is 14.9 Å². The number of nitrogens with zero attached hydrogens (tertiary/aromatic N) is 3. The van der Waals surface area contributed by atoms with Crippen molar-refractivity contribution in [2.75, 3.05) is 25.5 Å². The van der Waals surface area contributed by atoms with Crippen molar-refractivity contribution in [2.45, 2.75) is 20.3 Å². The molecular formula is C19H22N4O4. The molecule has 0 radical (unpaired) electrons. The molecule has 2 rings (SSSR count). The van der Waals surface area contributed by atoms with E-state index in [1.54, 1.807) is 6.92 Å². The molecule has 0 spiro atoms. The van der Waals surface area contributed by atoms with E-state index in [9.17, 15) is 14.4 Å². The summed E-state index contributed by atoms with van der Waals surface area (Å²) in [5.74, 6) is -1.57. The quantitative estimate of drug-likeness (QED) is 0.743. The second-order valence-corrected chi connectivity index (χ2v) is 5.93. The summed E-state index contributed by atoms with van der Waals surface area (Å²) < 4.78 is 4.92. The van der Waals surface area contributed by atoms with Crippen LogP contribution in [0.1, 0.15) is 28.7 Å². The fourth-order valence-corrected chi connectivity index (χ4v) is 2.25. The van der Waals surface area contributed by atoms with E-state index in [2.05, 4.69) is 15.3 Å². The number of aromatic nitrogens is 2. The van der Waals surface area contributed by atoms with E-state index in [4.69, 9.17) is 4.74 Å². The van der Waals surface area contributed by atoms with Gasteiger partial charge in [-0.2, -0.15) is 0 Å². The fraction of sp³-hybridized carbons (Fsp3) is 0.316. The Morgan fingerprint density at radius 1 is 1.15 bits per heavy atom. The van der Waals surface area contributed by atoms with Crippen LogP contribution in [0.25, 0.3) is 0 Å². The van der Waals surface area contributed by atoms with Crippen molar-refractivity contribution in [2.24, 2.45) is 0 Å². The Morgan fingerprint density at radius 3 is 2.56 bits per heavy atom. The van der Waals surface area contributed by atoms with E-state index in [-0.39, 0.29) is 18.1 Å². The number of ether oxygens (including phenoxy) is 1. The number of amides is 2. The largest absolute Gasteiger partial charge is 0.451 e.